The number of likely N-dealkylation sites (tertiary alicyclic amines) is 1. The molecule has 2 fully saturated rings. The van der Waals surface area contributed by atoms with Crippen LogP contribution < -0.4 is 0 Å². The lowest BCUT2D eigenvalue weighted by Gasteiger charge is -2.31. The van der Waals surface area contributed by atoms with Gasteiger partial charge in [0.15, 0.2) is 0 Å². The van der Waals surface area contributed by atoms with Gasteiger partial charge >= 0.3 is 0 Å². The molecule has 118 valence electrons. The fourth-order valence-corrected chi connectivity index (χ4v) is 3.45. The van der Waals surface area contributed by atoms with Gasteiger partial charge in [-0.05, 0) is 39.3 Å². The van der Waals surface area contributed by atoms with Gasteiger partial charge in [-0.1, -0.05) is 6.42 Å². The van der Waals surface area contributed by atoms with Crippen LogP contribution in [0.3, 0.4) is 0 Å². The largest absolute Gasteiger partial charge is 0.376 e. The van der Waals surface area contributed by atoms with Gasteiger partial charge in [0.25, 0.3) is 0 Å². The minimum absolute atomic E-state index is 0.356. The van der Waals surface area contributed by atoms with Crippen molar-refractivity contribution < 1.29 is 4.74 Å². The minimum Gasteiger partial charge on any atom is -0.376 e. The molecule has 1 N–H and O–H groups in total. The number of imidazole rings is 1. The van der Waals surface area contributed by atoms with Gasteiger partial charge in [-0.25, -0.2) is 4.98 Å². The molecule has 0 unspecified atom stereocenters. The van der Waals surface area contributed by atoms with Gasteiger partial charge in [-0.15, -0.1) is 0 Å². The van der Waals surface area contributed by atoms with E-state index in [0.29, 0.717) is 6.10 Å². The Morgan fingerprint density at radius 1 is 1.19 bits per heavy atom. The topological polar surface area (TPSA) is 44.4 Å². The summed E-state index contributed by atoms with van der Waals surface area (Å²) in [6, 6.07) is 0. The maximum Gasteiger partial charge on any atom is 0.103 e. The first-order valence-corrected chi connectivity index (χ1v) is 8.36. The number of hydrogen-bond donors (Lipinski definition) is 1. The standard InChI is InChI=1S/C16H28N4O/c1-14-17-10-15(18-14)11-20-8-5-9-21-16(13-20)12-19-6-3-2-4-7-19/h10,16H,2-9,11-13H2,1H3,(H,17,18)/t16-/m0/s1. The number of ether oxygens (including phenoxy) is 1. The van der Waals surface area contributed by atoms with Crippen molar-refractivity contribution in [1.82, 2.24) is 19.8 Å². The second-order valence-corrected chi connectivity index (χ2v) is 6.44. The highest BCUT2D eigenvalue weighted by atomic mass is 16.5. The van der Waals surface area contributed by atoms with E-state index in [4.69, 9.17) is 4.74 Å². The minimum atomic E-state index is 0.356. The number of H-pyrrole nitrogens is 1. The average Bonchev–Trinajstić information content (AvgIpc) is 2.76. The summed E-state index contributed by atoms with van der Waals surface area (Å²) in [4.78, 5) is 12.7. The molecule has 21 heavy (non-hydrogen) atoms. The van der Waals surface area contributed by atoms with Crippen LogP contribution in [0.25, 0.3) is 0 Å². The first-order valence-electron chi connectivity index (χ1n) is 8.36. The Hall–Kier alpha value is -0.910. The number of rotatable bonds is 4. The van der Waals surface area contributed by atoms with Crippen LogP contribution >= 0.6 is 0 Å². The fourth-order valence-electron chi connectivity index (χ4n) is 3.45. The van der Waals surface area contributed by atoms with E-state index < -0.39 is 0 Å². The van der Waals surface area contributed by atoms with E-state index in [0.717, 1.165) is 45.0 Å². The Morgan fingerprint density at radius 2 is 2.00 bits per heavy atom. The van der Waals surface area contributed by atoms with Crippen LogP contribution in [0.15, 0.2) is 6.20 Å². The number of aromatic amines is 1. The SMILES string of the molecule is Cc1ncc(CN2CCCO[C@@H](CN3CCCCC3)C2)[nH]1. The van der Waals surface area contributed by atoms with Crippen molar-refractivity contribution in [2.45, 2.75) is 45.3 Å². The molecular formula is C16H28N4O. The number of nitrogens with zero attached hydrogens (tertiary/aromatic N) is 3. The molecule has 0 aromatic carbocycles. The molecule has 0 amide bonds. The zero-order chi connectivity index (χ0) is 14.5. The van der Waals surface area contributed by atoms with Crippen LogP contribution in [0, 0.1) is 6.92 Å². The molecule has 1 atom stereocenters. The van der Waals surface area contributed by atoms with Crippen molar-refractivity contribution in [2.24, 2.45) is 0 Å². The first-order chi connectivity index (χ1) is 10.3. The van der Waals surface area contributed by atoms with Gasteiger partial charge in [0.2, 0.25) is 0 Å². The molecule has 1 aromatic heterocycles. The monoisotopic (exact) mass is 292 g/mol. The summed E-state index contributed by atoms with van der Waals surface area (Å²) in [5, 5.41) is 0. The molecule has 0 aliphatic carbocycles. The van der Waals surface area contributed by atoms with Crippen LogP contribution in [0.4, 0.5) is 0 Å². The quantitative estimate of drug-likeness (QED) is 0.919. The molecule has 1 aromatic rings. The van der Waals surface area contributed by atoms with Crippen molar-refractivity contribution in [1.29, 1.82) is 0 Å². The van der Waals surface area contributed by atoms with Crippen LogP contribution in [-0.2, 0) is 11.3 Å². The maximum atomic E-state index is 6.07. The third-order valence-electron chi connectivity index (χ3n) is 4.49. The van der Waals surface area contributed by atoms with Crippen LogP contribution in [-0.4, -0.2) is 65.2 Å². The molecule has 0 radical (unpaired) electrons. The molecule has 2 aliphatic rings. The van der Waals surface area contributed by atoms with Gasteiger partial charge in [-0.2, -0.15) is 0 Å². The lowest BCUT2D eigenvalue weighted by molar-refractivity contribution is 0.0216. The van der Waals surface area contributed by atoms with E-state index in [1.165, 1.54) is 38.0 Å². The Balaban J connectivity index is 1.52. The second kappa shape index (κ2) is 7.38. The fraction of sp³-hybridized carbons (Fsp3) is 0.812. The maximum absolute atomic E-state index is 6.07. The highest BCUT2D eigenvalue weighted by Gasteiger charge is 2.22. The summed E-state index contributed by atoms with van der Waals surface area (Å²) in [5.74, 6) is 1.00. The van der Waals surface area contributed by atoms with E-state index in [9.17, 15) is 0 Å². The predicted molar refractivity (Wildman–Crippen MR) is 83.2 cm³/mol. The molecule has 3 rings (SSSR count). The molecule has 2 saturated heterocycles. The van der Waals surface area contributed by atoms with E-state index >= 15 is 0 Å². The van der Waals surface area contributed by atoms with Gasteiger partial charge in [0.1, 0.15) is 5.82 Å². The highest BCUT2D eigenvalue weighted by molar-refractivity contribution is 5.00. The number of aromatic nitrogens is 2. The lowest BCUT2D eigenvalue weighted by atomic mass is 10.1. The average molecular weight is 292 g/mol. The Labute approximate surface area is 127 Å². The summed E-state index contributed by atoms with van der Waals surface area (Å²) >= 11 is 0. The summed E-state index contributed by atoms with van der Waals surface area (Å²) in [5.41, 5.74) is 1.21. The number of nitrogens with one attached hydrogen (secondary N) is 1. The van der Waals surface area contributed by atoms with E-state index in [-0.39, 0.29) is 0 Å². The molecule has 5 nitrogen and oxygen atoms in total. The van der Waals surface area contributed by atoms with Crippen molar-refractivity contribution in [3.63, 3.8) is 0 Å². The zero-order valence-electron chi connectivity index (χ0n) is 13.2. The molecule has 3 heterocycles. The van der Waals surface area contributed by atoms with E-state index in [1.807, 2.05) is 13.1 Å². The van der Waals surface area contributed by atoms with Gasteiger partial charge in [-0.3, -0.25) is 4.90 Å². The van der Waals surface area contributed by atoms with Gasteiger partial charge in [0, 0.05) is 44.7 Å². The Morgan fingerprint density at radius 3 is 2.76 bits per heavy atom. The van der Waals surface area contributed by atoms with Crippen molar-refractivity contribution in [2.75, 3.05) is 39.3 Å². The summed E-state index contributed by atoms with van der Waals surface area (Å²) in [6.45, 7) is 9.62. The number of aryl methyl sites for hydroxylation is 1. The highest BCUT2D eigenvalue weighted by Crippen LogP contribution is 2.14. The predicted octanol–water partition coefficient (Wildman–Crippen LogP) is 1.79. The summed E-state index contributed by atoms with van der Waals surface area (Å²) in [6.07, 6.45) is 7.54. The normalized spacial score (nSPS) is 25.9. The van der Waals surface area contributed by atoms with Crippen molar-refractivity contribution >= 4 is 0 Å². The summed E-state index contributed by atoms with van der Waals surface area (Å²) in [7, 11) is 0. The van der Waals surface area contributed by atoms with E-state index in [2.05, 4.69) is 19.8 Å². The Kier molecular flexibility index (Phi) is 5.27. The van der Waals surface area contributed by atoms with E-state index in [1.54, 1.807) is 0 Å². The Bertz CT molecular complexity index is 428. The molecule has 5 heteroatoms. The smallest absolute Gasteiger partial charge is 0.103 e. The zero-order valence-corrected chi connectivity index (χ0v) is 13.2. The van der Waals surface area contributed by atoms with Crippen LogP contribution in [0.2, 0.25) is 0 Å². The third-order valence-corrected chi connectivity index (χ3v) is 4.49. The molecule has 0 saturated carbocycles. The third kappa shape index (κ3) is 4.53. The van der Waals surface area contributed by atoms with Crippen LogP contribution in [0.1, 0.15) is 37.2 Å². The second-order valence-electron chi connectivity index (χ2n) is 6.44. The summed E-state index contributed by atoms with van der Waals surface area (Å²) < 4.78 is 6.07. The van der Waals surface area contributed by atoms with Gasteiger partial charge < -0.3 is 14.6 Å². The van der Waals surface area contributed by atoms with Crippen molar-refractivity contribution in [3.05, 3.63) is 17.7 Å². The first kappa shape index (κ1) is 15.0. The number of piperidine rings is 1. The number of hydrogen-bond acceptors (Lipinski definition) is 4. The van der Waals surface area contributed by atoms with Crippen LogP contribution in [0.5, 0.6) is 0 Å². The molecular weight excluding hydrogens is 264 g/mol. The lowest BCUT2D eigenvalue weighted by Crippen LogP contribution is -2.42. The van der Waals surface area contributed by atoms with Gasteiger partial charge in [0.05, 0.1) is 6.10 Å². The molecule has 0 bridgehead atoms. The molecule has 0 spiro atoms. The van der Waals surface area contributed by atoms with Crippen molar-refractivity contribution in [3.8, 4) is 0 Å². The molecule has 2 aliphatic heterocycles.